The first kappa shape index (κ1) is 18.0. The standard InChI is InChI=1S/C20H22N4O2S/c1-2-3-10-27-20-23-18-17(19(26)24-20)15(12-6-5-9-21-11-12)16-13(22-18)7-4-8-14(16)25/h5-6,9,11,15H,2-4,7-8,10H2,1H3,(H2,22,23,24,26)/t15-/m1/s1. The van der Waals surface area contributed by atoms with E-state index < -0.39 is 5.92 Å². The number of anilines is 1. The molecule has 0 unspecified atom stereocenters. The van der Waals surface area contributed by atoms with Crippen LogP contribution in [0.4, 0.5) is 5.82 Å². The molecule has 0 radical (unpaired) electrons. The van der Waals surface area contributed by atoms with E-state index in [1.165, 1.54) is 0 Å². The van der Waals surface area contributed by atoms with Crippen LogP contribution < -0.4 is 10.9 Å². The lowest BCUT2D eigenvalue weighted by Crippen LogP contribution is -2.32. The number of hydrogen-bond acceptors (Lipinski definition) is 6. The predicted molar refractivity (Wildman–Crippen MR) is 106 cm³/mol. The minimum Gasteiger partial charge on any atom is -0.343 e. The lowest BCUT2D eigenvalue weighted by Gasteiger charge is -2.32. The lowest BCUT2D eigenvalue weighted by molar-refractivity contribution is -0.116. The number of pyridine rings is 1. The van der Waals surface area contributed by atoms with Gasteiger partial charge in [-0.2, -0.15) is 0 Å². The highest BCUT2D eigenvalue weighted by Crippen LogP contribution is 2.43. The number of carbonyl (C=O) groups excluding carboxylic acids is 1. The summed E-state index contributed by atoms with van der Waals surface area (Å²) in [4.78, 5) is 37.5. The van der Waals surface area contributed by atoms with E-state index in [9.17, 15) is 9.59 Å². The smallest absolute Gasteiger partial charge is 0.257 e. The monoisotopic (exact) mass is 382 g/mol. The molecule has 0 bridgehead atoms. The molecule has 2 aromatic heterocycles. The largest absolute Gasteiger partial charge is 0.343 e. The van der Waals surface area contributed by atoms with Crippen molar-refractivity contribution < 1.29 is 4.79 Å². The Bertz CT molecular complexity index is 952. The van der Waals surface area contributed by atoms with Crippen LogP contribution in [-0.4, -0.2) is 26.5 Å². The summed E-state index contributed by atoms with van der Waals surface area (Å²) in [5, 5.41) is 3.92. The molecule has 27 heavy (non-hydrogen) atoms. The third kappa shape index (κ3) is 3.43. The second kappa shape index (κ2) is 7.68. The Labute approximate surface area is 161 Å². The number of nitrogens with zero attached hydrogens (tertiary/aromatic N) is 2. The number of fused-ring (bicyclic) bond motifs is 1. The van der Waals surface area contributed by atoms with Crippen LogP contribution in [0.1, 0.15) is 56.1 Å². The Morgan fingerprint density at radius 1 is 1.30 bits per heavy atom. The molecular weight excluding hydrogens is 360 g/mol. The summed E-state index contributed by atoms with van der Waals surface area (Å²) in [5.41, 5.74) is 2.76. The van der Waals surface area contributed by atoms with Gasteiger partial charge < -0.3 is 10.3 Å². The summed E-state index contributed by atoms with van der Waals surface area (Å²) in [7, 11) is 0. The van der Waals surface area contributed by atoms with Crippen LogP contribution in [0.15, 0.2) is 45.7 Å². The first-order valence-electron chi connectivity index (χ1n) is 9.39. The lowest BCUT2D eigenvalue weighted by atomic mass is 9.77. The van der Waals surface area contributed by atoms with Crippen molar-refractivity contribution in [3.8, 4) is 0 Å². The van der Waals surface area contributed by atoms with Gasteiger partial charge >= 0.3 is 0 Å². The van der Waals surface area contributed by atoms with Gasteiger partial charge in [-0.15, -0.1) is 0 Å². The van der Waals surface area contributed by atoms with Crippen LogP contribution in [0, 0.1) is 0 Å². The van der Waals surface area contributed by atoms with Crippen molar-refractivity contribution in [1.82, 2.24) is 15.0 Å². The average molecular weight is 382 g/mol. The van der Waals surface area contributed by atoms with Gasteiger partial charge in [0.15, 0.2) is 10.9 Å². The van der Waals surface area contributed by atoms with Crippen molar-refractivity contribution in [1.29, 1.82) is 0 Å². The van der Waals surface area contributed by atoms with Gasteiger partial charge in [0.1, 0.15) is 5.82 Å². The van der Waals surface area contributed by atoms with Crippen molar-refractivity contribution in [3.05, 3.63) is 57.3 Å². The summed E-state index contributed by atoms with van der Waals surface area (Å²) < 4.78 is 0. The maximum atomic E-state index is 13.0. The molecule has 1 atom stereocenters. The molecule has 2 aromatic rings. The first-order chi connectivity index (χ1) is 13.2. The Morgan fingerprint density at radius 3 is 2.96 bits per heavy atom. The van der Waals surface area contributed by atoms with Gasteiger partial charge in [0.05, 0.1) is 5.56 Å². The molecule has 1 aliphatic carbocycles. The number of hydrogen-bond donors (Lipinski definition) is 2. The molecule has 0 saturated carbocycles. The molecule has 0 spiro atoms. The Morgan fingerprint density at radius 2 is 2.19 bits per heavy atom. The van der Waals surface area contributed by atoms with Crippen LogP contribution in [0.2, 0.25) is 0 Å². The number of carbonyl (C=O) groups is 1. The highest BCUT2D eigenvalue weighted by atomic mass is 32.2. The van der Waals surface area contributed by atoms with Gasteiger partial charge in [-0.1, -0.05) is 31.2 Å². The SMILES string of the molecule is CCCCSc1nc2c(c(=O)[nH]1)[C@H](c1cccnc1)C1=C(CCCC1=O)N2. The van der Waals surface area contributed by atoms with E-state index in [0.717, 1.165) is 42.7 Å². The van der Waals surface area contributed by atoms with Crippen molar-refractivity contribution in [3.63, 3.8) is 0 Å². The second-order valence-corrected chi connectivity index (χ2v) is 7.93. The van der Waals surface area contributed by atoms with Crippen molar-refractivity contribution >= 4 is 23.4 Å². The molecule has 4 rings (SSSR count). The molecule has 0 saturated heterocycles. The zero-order valence-corrected chi connectivity index (χ0v) is 16.1. The summed E-state index contributed by atoms with van der Waals surface area (Å²) >= 11 is 1.56. The fourth-order valence-corrected chi connectivity index (χ4v) is 4.65. The normalized spacial score (nSPS) is 18.7. The molecule has 3 heterocycles. The van der Waals surface area contributed by atoms with Gasteiger partial charge in [0.25, 0.3) is 5.56 Å². The fourth-order valence-electron chi connectivity index (χ4n) is 3.70. The molecule has 2 aliphatic rings. The molecular formula is C20H22N4O2S. The maximum absolute atomic E-state index is 13.0. The van der Waals surface area contributed by atoms with E-state index in [1.807, 2.05) is 12.1 Å². The van der Waals surface area contributed by atoms with Crippen LogP contribution in [0.5, 0.6) is 0 Å². The number of H-pyrrole nitrogens is 1. The van der Waals surface area contributed by atoms with Crippen molar-refractivity contribution in [2.75, 3.05) is 11.1 Å². The number of ketones is 1. The average Bonchev–Trinajstić information content (AvgIpc) is 2.67. The molecule has 0 fully saturated rings. The number of aromatic nitrogens is 3. The van der Waals surface area contributed by atoms with E-state index in [-0.39, 0.29) is 11.3 Å². The van der Waals surface area contributed by atoms with Crippen molar-refractivity contribution in [2.24, 2.45) is 0 Å². The summed E-state index contributed by atoms with van der Waals surface area (Å²) in [6, 6.07) is 3.75. The number of nitrogens with one attached hydrogen (secondary N) is 2. The Balaban J connectivity index is 1.83. The quantitative estimate of drug-likeness (QED) is 0.466. The third-order valence-corrected chi connectivity index (χ3v) is 5.95. The minimum absolute atomic E-state index is 0.101. The van der Waals surface area contributed by atoms with E-state index in [1.54, 1.807) is 24.2 Å². The highest BCUT2D eigenvalue weighted by Gasteiger charge is 2.37. The molecule has 0 amide bonds. The third-order valence-electron chi connectivity index (χ3n) is 4.99. The van der Waals surface area contributed by atoms with Gasteiger partial charge in [0, 0.05) is 41.8 Å². The number of allylic oxidation sites excluding steroid dienone is 2. The Hall–Kier alpha value is -2.41. The van der Waals surface area contributed by atoms with Gasteiger partial charge in [-0.3, -0.25) is 14.6 Å². The molecule has 1 aliphatic heterocycles. The fraction of sp³-hybridized carbons (Fsp3) is 0.400. The van der Waals surface area contributed by atoms with E-state index >= 15 is 0 Å². The Kier molecular flexibility index (Phi) is 5.11. The molecule has 0 aromatic carbocycles. The van der Waals surface area contributed by atoms with E-state index in [4.69, 9.17) is 0 Å². The number of Topliss-reactive ketones (excluding diaryl/α,β-unsaturated/α-hetero) is 1. The first-order valence-corrected chi connectivity index (χ1v) is 10.4. The van der Waals surface area contributed by atoms with Crippen LogP contribution >= 0.6 is 11.8 Å². The number of unbranched alkanes of at least 4 members (excludes halogenated alkanes) is 1. The molecule has 7 heteroatoms. The number of aromatic amines is 1. The highest BCUT2D eigenvalue weighted by molar-refractivity contribution is 7.99. The zero-order valence-electron chi connectivity index (χ0n) is 15.2. The molecule has 6 nitrogen and oxygen atoms in total. The summed E-state index contributed by atoms with van der Waals surface area (Å²) in [6.45, 7) is 2.14. The topological polar surface area (TPSA) is 87.7 Å². The minimum atomic E-state index is -0.413. The number of rotatable bonds is 5. The van der Waals surface area contributed by atoms with E-state index in [2.05, 4.69) is 27.2 Å². The summed E-state index contributed by atoms with van der Waals surface area (Å²) in [6.07, 6.45) is 7.73. The van der Waals surface area contributed by atoms with Crippen LogP contribution in [0.25, 0.3) is 0 Å². The van der Waals surface area contributed by atoms with Crippen molar-refractivity contribution in [2.45, 2.75) is 50.1 Å². The van der Waals surface area contributed by atoms with E-state index in [0.29, 0.717) is 28.5 Å². The zero-order chi connectivity index (χ0) is 18.8. The van der Waals surface area contributed by atoms with Crippen LogP contribution in [-0.2, 0) is 4.79 Å². The number of thioether (sulfide) groups is 1. The predicted octanol–water partition coefficient (Wildman–Crippen LogP) is 3.62. The summed E-state index contributed by atoms with van der Waals surface area (Å²) in [5.74, 6) is 1.17. The van der Waals surface area contributed by atoms with Crippen LogP contribution in [0.3, 0.4) is 0 Å². The van der Waals surface area contributed by atoms with Gasteiger partial charge in [-0.25, -0.2) is 4.98 Å². The second-order valence-electron chi connectivity index (χ2n) is 6.85. The molecule has 140 valence electrons. The van der Waals surface area contributed by atoms with Gasteiger partial charge in [0.2, 0.25) is 0 Å². The van der Waals surface area contributed by atoms with Gasteiger partial charge in [-0.05, 0) is 30.9 Å². The maximum Gasteiger partial charge on any atom is 0.257 e. The molecule has 2 N–H and O–H groups in total.